The zero-order valence-electron chi connectivity index (χ0n) is 19.8. The lowest BCUT2D eigenvalue weighted by molar-refractivity contribution is 0.201. The normalized spacial score (nSPS) is 18.2. The van der Waals surface area contributed by atoms with E-state index in [-0.39, 0.29) is 5.60 Å². The molecule has 30 heavy (non-hydrogen) atoms. The van der Waals surface area contributed by atoms with Crippen molar-refractivity contribution >= 4 is 0 Å². The van der Waals surface area contributed by atoms with Crippen molar-refractivity contribution in [2.75, 3.05) is 13.2 Å². The second-order valence-corrected chi connectivity index (χ2v) is 9.32. The van der Waals surface area contributed by atoms with Crippen LogP contribution < -0.4 is 4.74 Å². The Morgan fingerprint density at radius 3 is 2.03 bits per heavy atom. The molecule has 2 heteroatoms. The van der Waals surface area contributed by atoms with Crippen LogP contribution in [0, 0.1) is 0 Å². The number of para-hydroxylation sites is 1. The summed E-state index contributed by atoms with van der Waals surface area (Å²) in [6, 6.07) is 8.45. The summed E-state index contributed by atoms with van der Waals surface area (Å²) in [5, 5.41) is 0. The molecule has 1 saturated heterocycles. The van der Waals surface area contributed by atoms with Crippen molar-refractivity contribution in [3.05, 3.63) is 42.0 Å². The molecule has 2 rings (SSSR count). The Balaban J connectivity index is 1.41. The molecule has 1 heterocycles. The maximum absolute atomic E-state index is 6.00. The molecule has 0 aliphatic carbocycles. The van der Waals surface area contributed by atoms with E-state index < -0.39 is 0 Å². The van der Waals surface area contributed by atoms with Crippen LogP contribution in [0.1, 0.15) is 109 Å². The Hall–Kier alpha value is -1.28. The fourth-order valence-electron chi connectivity index (χ4n) is 3.86. The first-order chi connectivity index (χ1) is 14.7. The van der Waals surface area contributed by atoms with Crippen molar-refractivity contribution in [2.45, 2.75) is 116 Å². The van der Waals surface area contributed by atoms with Gasteiger partial charge in [-0.25, -0.2) is 0 Å². The summed E-state index contributed by atoms with van der Waals surface area (Å²) in [7, 11) is 0. The molecule has 1 aromatic carbocycles. The molecular formula is C28H46O2. The Kier molecular flexibility index (Phi) is 12.9. The molecule has 1 atom stereocenters. The van der Waals surface area contributed by atoms with Crippen LogP contribution in [0.5, 0.6) is 5.75 Å². The van der Waals surface area contributed by atoms with Crippen LogP contribution in [-0.2, 0) is 11.2 Å². The first kappa shape index (κ1) is 25.0. The fourth-order valence-corrected chi connectivity index (χ4v) is 3.86. The fraction of sp³-hybridized carbons (Fsp3) is 0.714. The number of rotatable bonds is 19. The van der Waals surface area contributed by atoms with Crippen molar-refractivity contribution in [2.24, 2.45) is 0 Å². The van der Waals surface area contributed by atoms with Crippen LogP contribution in [0.2, 0.25) is 0 Å². The number of aryl methyl sites for hydroxylation is 1. The third-order valence-corrected chi connectivity index (χ3v) is 6.10. The Morgan fingerprint density at radius 1 is 0.833 bits per heavy atom. The highest BCUT2D eigenvalue weighted by Gasteiger charge is 2.40. The van der Waals surface area contributed by atoms with Crippen molar-refractivity contribution in [3.8, 4) is 5.75 Å². The minimum absolute atomic E-state index is 0.0515. The molecule has 1 aliphatic heterocycles. The minimum atomic E-state index is -0.0515. The molecule has 1 aliphatic rings. The van der Waals surface area contributed by atoms with Gasteiger partial charge in [-0.05, 0) is 50.7 Å². The molecule has 0 bridgehead atoms. The topological polar surface area (TPSA) is 21.8 Å². The Morgan fingerprint density at radius 2 is 1.40 bits per heavy atom. The Labute approximate surface area is 186 Å². The standard InChI is InChI=1S/C28H46O2/c1-3-4-5-6-7-8-9-10-11-12-13-14-15-16-17-18-21-26-22-19-20-23-27(26)29-24-28(2)25-30-28/h15-16,19-20,22-23H,3-14,17-18,21,24-25H2,1-2H3/b16-15+. The van der Waals surface area contributed by atoms with Crippen LogP contribution in [0.4, 0.5) is 0 Å². The van der Waals surface area contributed by atoms with Gasteiger partial charge in [0.25, 0.3) is 0 Å². The number of epoxide rings is 1. The summed E-state index contributed by atoms with van der Waals surface area (Å²) in [6.07, 6.45) is 25.0. The average Bonchev–Trinajstić information content (AvgIpc) is 3.50. The van der Waals surface area contributed by atoms with Crippen molar-refractivity contribution in [3.63, 3.8) is 0 Å². The summed E-state index contributed by atoms with van der Waals surface area (Å²) in [6.45, 7) is 5.87. The number of hydrogen-bond donors (Lipinski definition) is 0. The monoisotopic (exact) mass is 414 g/mol. The van der Waals surface area contributed by atoms with Crippen LogP contribution in [-0.4, -0.2) is 18.8 Å². The van der Waals surface area contributed by atoms with E-state index >= 15 is 0 Å². The van der Waals surface area contributed by atoms with Gasteiger partial charge in [-0.1, -0.05) is 101 Å². The quantitative estimate of drug-likeness (QED) is 0.129. The number of allylic oxidation sites excluding steroid dienone is 2. The molecule has 0 N–H and O–H groups in total. The highest BCUT2D eigenvalue weighted by Crippen LogP contribution is 2.28. The lowest BCUT2D eigenvalue weighted by Gasteiger charge is -2.12. The van der Waals surface area contributed by atoms with Gasteiger partial charge in [0, 0.05) is 0 Å². The van der Waals surface area contributed by atoms with Gasteiger partial charge in [0.2, 0.25) is 0 Å². The van der Waals surface area contributed by atoms with E-state index in [1.54, 1.807) is 0 Å². The van der Waals surface area contributed by atoms with Crippen LogP contribution >= 0.6 is 0 Å². The Bertz CT molecular complexity index is 574. The average molecular weight is 415 g/mol. The van der Waals surface area contributed by atoms with Gasteiger partial charge in [0.05, 0.1) is 6.61 Å². The lowest BCUT2D eigenvalue weighted by atomic mass is 10.0. The molecule has 2 nitrogen and oxygen atoms in total. The first-order valence-electron chi connectivity index (χ1n) is 12.7. The molecule has 0 saturated carbocycles. The summed E-state index contributed by atoms with van der Waals surface area (Å²) in [5.74, 6) is 1.03. The van der Waals surface area contributed by atoms with Gasteiger partial charge in [-0.15, -0.1) is 0 Å². The van der Waals surface area contributed by atoms with E-state index in [1.807, 2.05) is 0 Å². The first-order valence-corrected chi connectivity index (χ1v) is 12.7. The third-order valence-electron chi connectivity index (χ3n) is 6.10. The summed E-state index contributed by atoms with van der Waals surface area (Å²) in [4.78, 5) is 0. The molecule has 0 spiro atoms. The zero-order valence-corrected chi connectivity index (χ0v) is 19.8. The minimum Gasteiger partial charge on any atom is -0.490 e. The van der Waals surface area contributed by atoms with Crippen LogP contribution in [0.15, 0.2) is 36.4 Å². The smallest absolute Gasteiger partial charge is 0.123 e. The number of ether oxygens (including phenoxy) is 2. The number of benzene rings is 1. The van der Waals surface area contributed by atoms with Crippen molar-refractivity contribution in [1.82, 2.24) is 0 Å². The van der Waals surface area contributed by atoms with Crippen molar-refractivity contribution < 1.29 is 9.47 Å². The molecule has 1 fully saturated rings. The van der Waals surface area contributed by atoms with Crippen LogP contribution in [0.3, 0.4) is 0 Å². The molecule has 0 radical (unpaired) electrons. The van der Waals surface area contributed by atoms with E-state index in [1.165, 1.54) is 89.0 Å². The highest BCUT2D eigenvalue weighted by atomic mass is 16.6. The predicted octanol–water partition coefficient (Wildman–Crippen LogP) is 8.43. The SMILES string of the molecule is CCCCCCCCCCCCC/C=C/CCCc1ccccc1OCC1(C)CO1. The second kappa shape index (κ2) is 15.5. The summed E-state index contributed by atoms with van der Waals surface area (Å²) >= 11 is 0. The maximum atomic E-state index is 6.00. The summed E-state index contributed by atoms with van der Waals surface area (Å²) in [5.41, 5.74) is 1.27. The largest absolute Gasteiger partial charge is 0.490 e. The van der Waals surface area contributed by atoms with Gasteiger partial charge in [-0.2, -0.15) is 0 Å². The van der Waals surface area contributed by atoms with Gasteiger partial charge in [-0.3, -0.25) is 0 Å². The maximum Gasteiger partial charge on any atom is 0.123 e. The molecule has 0 aromatic heterocycles. The number of unbranched alkanes of at least 4 members (excludes halogenated alkanes) is 12. The predicted molar refractivity (Wildman–Crippen MR) is 129 cm³/mol. The zero-order chi connectivity index (χ0) is 21.3. The molecule has 1 unspecified atom stereocenters. The summed E-state index contributed by atoms with van der Waals surface area (Å²) < 4.78 is 11.4. The van der Waals surface area contributed by atoms with E-state index in [9.17, 15) is 0 Å². The molecule has 170 valence electrons. The van der Waals surface area contributed by atoms with E-state index in [2.05, 4.69) is 50.3 Å². The van der Waals surface area contributed by atoms with E-state index in [4.69, 9.17) is 9.47 Å². The lowest BCUT2D eigenvalue weighted by Crippen LogP contribution is -2.17. The highest BCUT2D eigenvalue weighted by molar-refractivity contribution is 5.33. The number of hydrogen-bond acceptors (Lipinski definition) is 2. The van der Waals surface area contributed by atoms with Crippen molar-refractivity contribution in [1.29, 1.82) is 0 Å². The van der Waals surface area contributed by atoms with Crippen LogP contribution in [0.25, 0.3) is 0 Å². The molecule has 0 amide bonds. The second-order valence-electron chi connectivity index (χ2n) is 9.32. The van der Waals surface area contributed by atoms with Gasteiger partial charge in [0.1, 0.15) is 18.0 Å². The van der Waals surface area contributed by atoms with Gasteiger partial charge < -0.3 is 9.47 Å². The van der Waals surface area contributed by atoms with Gasteiger partial charge in [0.15, 0.2) is 0 Å². The molecule has 1 aromatic rings. The van der Waals surface area contributed by atoms with E-state index in [0.717, 1.165) is 25.2 Å². The third kappa shape index (κ3) is 11.8. The van der Waals surface area contributed by atoms with Gasteiger partial charge >= 0.3 is 0 Å². The molecular weight excluding hydrogens is 368 g/mol. The van der Waals surface area contributed by atoms with E-state index in [0.29, 0.717) is 6.61 Å².